The molecule has 0 saturated carbocycles. The number of ether oxygens (including phenoxy) is 1. The molecule has 0 bridgehead atoms. The number of fused-ring (bicyclic) bond motifs is 2. The number of benzene rings is 2. The van der Waals surface area contributed by atoms with Gasteiger partial charge in [-0.1, -0.05) is 6.07 Å². The second-order valence-corrected chi connectivity index (χ2v) is 9.85. The molecular formula is C26H23N5O7. The van der Waals surface area contributed by atoms with Crippen molar-refractivity contribution in [3.63, 3.8) is 0 Å². The van der Waals surface area contributed by atoms with Gasteiger partial charge in [-0.15, -0.1) is 0 Å². The van der Waals surface area contributed by atoms with Crippen LogP contribution >= 0.6 is 0 Å². The van der Waals surface area contributed by atoms with E-state index in [-0.39, 0.29) is 24.8 Å². The van der Waals surface area contributed by atoms with Crippen molar-refractivity contribution in [1.82, 2.24) is 26.2 Å². The van der Waals surface area contributed by atoms with Gasteiger partial charge in [0.2, 0.25) is 0 Å². The van der Waals surface area contributed by atoms with Crippen LogP contribution in [0.2, 0.25) is 0 Å². The Hall–Kier alpha value is -4.87. The van der Waals surface area contributed by atoms with Gasteiger partial charge in [0, 0.05) is 17.5 Å². The number of carbonyl (C=O) groups excluding carboxylic acids is 5. The molecule has 3 aliphatic rings. The first kappa shape index (κ1) is 23.5. The summed E-state index contributed by atoms with van der Waals surface area (Å²) in [5, 5.41) is 10.4. The van der Waals surface area contributed by atoms with Crippen LogP contribution in [0.1, 0.15) is 39.7 Å². The van der Waals surface area contributed by atoms with Gasteiger partial charge in [-0.3, -0.25) is 25.0 Å². The summed E-state index contributed by atoms with van der Waals surface area (Å²) < 4.78 is 11.4. The van der Waals surface area contributed by atoms with Crippen molar-refractivity contribution in [3.05, 3.63) is 64.4 Å². The molecular weight excluding hydrogens is 494 g/mol. The van der Waals surface area contributed by atoms with Crippen LogP contribution in [0.15, 0.2) is 40.8 Å². The Morgan fingerprint density at radius 3 is 2.37 bits per heavy atom. The van der Waals surface area contributed by atoms with E-state index in [0.717, 1.165) is 5.56 Å². The number of furan rings is 1. The summed E-state index contributed by atoms with van der Waals surface area (Å²) in [6.45, 7) is 3.42. The minimum Gasteiger partial charge on any atom is -0.497 e. The zero-order chi connectivity index (χ0) is 27.0. The molecule has 1 aromatic heterocycles. The average Bonchev–Trinajstić information content (AvgIpc) is 3.58. The Morgan fingerprint density at radius 2 is 1.71 bits per heavy atom. The molecule has 6 rings (SSSR count). The number of hydrogen-bond donors (Lipinski definition) is 4. The first-order chi connectivity index (χ1) is 18.0. The summed E-state index contributed by atoms with van der Waals surface area (Å²) in [5.41, 5.74) is -0.148. The fourth-order valence-electron chi connectivity index (χ4n) is 5.31. The van der Waals surface area contributed by atoms with E-state index in [1.807, 2.05) is 0 Å². The van der Waals surface area contributed by atoms with Gasteiger partial charge in [0.1, 0.15) is 22.6 Å². The van der Waals surface area contributed by atoms with Crippen LogP contribution in [0.25, 0.3) is 11.0 Å². The zero-order valence-electron chi connectivity index (χ0n) is 20.7. The van der Waals surface area contributed by atoms with E-state index in [1.54, 1.807) is 50.2 Å². The second-order valence-electron chi connectivity index (χ2n) is 9.85. The third-order valence-corrected chi connectivity index (χ3v) is 7.41. The first-order valence-electron chi connectivity index (χ1n) is 11.8. The summed E-state index contributed by atoms with van der Waals surface area (Å²) in [5.74, 6) is -0.798. The number of methoxy groups -OCH3 is 1. The Bertz CT molecular complexity index is 1610. The summed E-state index contributed by atoms with van der Waals surface area (Å²) in [7, 11) is 1.51. The molecule has 0 radical (unpaired) electrons. The fraction of sp³-hybridized carbons (Fsp3) is 0.269. The molecule has 2 saturated heterocycles. The lowest BCUT2D eigenvalue weighted by Crippen LogP contribution is -2.52. The van der Waals surface area contributed by atoms with Crippen LogP contribution < -0.4 is 26.0 Å². The van der Waals surface area contributed by atoms with Gasteiger partial charge in [-0.25, -0.2) is 9.59 Å². The summed E-state index contributed by atoms with van der Waals surface area (Å²) in [6, 6.07) is 8.88. The quantitative estimate of drug-likeness (QED) is 0.373. The highest BCUT2D eigenvalue weighted by atomic mass is 16.5. The molecule has 0 aliphatic carbocycles. The standard InChI is InChI=1S/C26H23N5O7/c1-12-6-15(25(2)21(33)27-23(35)29-25)7-14-8-18(38-19(12)14)26(22(34)28-24(36)30-26)11-31-10-13-4-5-16(37-3)9-17(13)20(31)32/h4-9H,10-11H2,1-3H3,(H2,27,29,33,35)(H2,28,30,34,36)/t25?,26-/m0/s1. The molecule has 2 fully saturated rings. The molecule has 3 aromatic rings. The van der Waals surface area contributed by atoms with Gasteiger partial charge in [0.05, 0.1) is 13.7 Å². The van der Waals surface area contributed by atoms with E-state index in [2.05, 4.69) is 21.3 Å². The van der Waals surface area contributed by atoms with Gasteiger partial charge in [-0.05, 0) is 60.9 Å². The number of rotatable bonds is 5. The maximum absolute atomic E-state index is 13.2. The SMILES string of the molecule is COc1ccc2c(c1)C(=O)N(C[C@@]1(c3cc4cc(C5(C)NC(=O)NC5=O)cc(C)c4o3)NC(=O)NC1=O)C2. The maximum Gasteiger partial charge on any atom is 0.322 e. The number of amides is 7. The number of carbonyl (C=O) groups is 5. The van der Waals surface area contributed by atoms with Crippen molar-refractivity contribution < 1.29 is 33.1 Å². The van der Waals surface area contributed by atoms with Gasteiger partial charge in [-0.2, -0.15) is 0 Å². The summed E-state index contributed by atoms with van der Waals surface area (Å²) in [6.07, 6.45) is 0. The number of hydrogen-bond acceptors (Lipinski definition) is 7. The Morgan fingerprint density at radius 1 is 0.974 bits per heavy atom. The largest absolute Gasteiger partial charge is 0.497 e. The molecule has 4 heterocycles. The smallest absolute Gasteiger partial charge is 0.322 e. The number of aryl methyl sites for hydroxylation is 1. The lowest BCUT2D eigenvalue weighted by molar-refractivity contribution is -0.125. The zero-order valence-corrected chi connectivity index (χ0v) is 20.7. The second kappa shape index (κ2) is 7.81. The Labute approximate surface area is 215 Å². The topological polar surface area (TPSA) is 159 Å². The highest BCUT2D eigenvalue weighted by Gasteiger charge is 2.53. The number of nitrogens with one attached hydrogen (secondary N) is 4. The van der Waals surface area contributed by atoms with Crippen molar-refractivity contribution in [3.8, 4) is 5.75 Å². The third kappa shape index (κ3) is 3.26. The van der Waals surface area contributed by atoms with Crippen molar-refractivity contribution in [2.24, 2.45) is 0 Å². The fourth-order valence-corrected chi connectivity index (χ4v) is 5.31. The Kier molecular flexibility index (Phi) is 4.84. The number of nitrogens with zero attached hydrogens (tertiary/aromatic N) is 1. The van der Waals surface area contributed by atoms with Crippen molar-refractivity contribution in [2.75, 3.05) is 13.7 Å². The van der Waals surface area contributed by atoms with E-state index in [4.69, 9.17) is 9.15 Å². The van der Waals surface area contributed by atoms with Gasteiger partial charge in [0.25, 0.3) is 17.7 Å². The minimum absolute atomic E-state index is 0.127. The van der Waals surface area contributed by atoms with Gasteiger partial charge < -0.3 is 24.7 Å². The third-order valence-electron chi connectivity index (χ3n) is 7.41. The molecule has 12 heteroatoms. The predicted molar refractivity (Wildman–Crippen MR) is 131 cm³/mol. The summed E-state index contributed by atoms with van der Waals surface area (Å²) >= 11 is 0. The monoisotopic (exact) mass is 517 g/mol. The molecule has 194 valence electrons. The molecule has 0 spiro atoms. The normalized spacial score (nSPS) is 24.4. The lowest BCUT2D eigenvalue weighted by Gasteiger charge is -2.29. The van der Waals surface area contributed by atoms with E-state index < -0.39 is 35.0 Å². The summed E-state index contributed by atoms with van der Waals surface area (Å²) in [4.78, 5) is 64.6. The molecule has 2 atom stereocenters. The molecule has 2 aromatic carbocycles. The first-order valence-corrected chi connectivity index (χ1v) is 11.8. The van der Waals surface area contributed by atoms with Crippen LogP contribution in [-0.4, -0.2) is 48.3 Å². The van der Waals surface area contributed by atoms with Crippen LogP contribution in [0, 0.1) is 6.92 Å². The van der Waals surface area contributed by atoms with Crippen LogP contribution in [0.4, 0.5) is 9.59 Å². The minimum atomic E-state index is -1.69. The van der Waals surface area contributed by atoms with Crippen LogP contribution in [0.5, 0.6) is 5.75 Å². The molecule has 7 amide bonds. The van der Waals surface area contributed by atoms with E-state index >= 15 is 0 Å². The predicted octanol–water partition coefficient (Wildman–Crippen LogP) is 1.50. The number of imide groups is 2. The molecule has 3 aliphatic heterocycles. The number of urea groups is 2. The van der Waals surface area contributed by atoms with Crippen molar-refractivity contribution in [2.45, 2.75) is 31.5 Å². The van der Waals surface area contributed by atoms with E-state index in [1.165, 1.54) is 12.0 Å². The average molecular weight is 517 g/mol. The van der Waals surface area contributed by atoms with Crippen LogP contribution in [0.3, 0.4) is 0 Å². The van der Waals surface area contributed by atoms with E-state index in [9.17, 15) is 24.0 Å². The van der Waals surface area contributed by atoms with Gasteiger partial charge in [0.15, 0.2) is 5.54 Å². The van der Waals surface area contributed by atoms with Gasteiger partial charge >= 0.3 is 12.1 Å². The van der Waals surface area contributed by atoms with E-state index in [0.29, 0.717) is 33.4 Å². The molecule has 1 unspecified atom stereocenters. The molecule has 38 heavy (non-hydrogen) atoms. The molecule has 4 N–H and O–H groups in total. The lowest BCUT2D eigenvalue weighted by atomic mass is 9.89. The highest BCUT2D eigenvalue weighted by molar-refractivity contribution is 6.09. The van der Waals surface area contributed by atoms with Crippen LogP contribution in [-0.2, 0) is 27.2 Å². The van der Waals surface area contributed by atoms with Crippen molar-refractivity contribution >= 4 is 40.8 Å². The van der Waals surface area contributed by atoms with Crippen molar-refractivity contribution in [1.29, 1.82) is 0 Å². The highest BCUT2D eigenvalue weighted by Crippen LogP contribution is 2.37. The molecule has 12 nitrogen and oxygen atoms in total. The maximum atomic E-state index is 13.2. The Balaban J connectivity index is 1.41.